The molecular formula is C15H29N3. The van der Waals surface area contributed by atoms with Crippen LogP contribution in [0.1, 0.15) is 46.4 Å². The first-order chi connectivity index (χ1) is 8.66. The van der Waals surface area contributed by atoms with Crippen molar-refractivity contribution in [3.05, 3.63) is 18.2 Å². The van der Waals surface area contributed by atoms with E-state index in [2.05, 4.69) is 35.3 Å². The Hall–Kier alpha value is -0.830. The Morgan fingerprint density at radius 3 is 2.33 bits per heavy atom. The number of imidazole rings is 1. The van der Waals surface area contributed by atoms with E-state index in [1.807, 2.05) is 26.2 Å². The average molecular weight is 251 g/mol. The second kappa shape index (κ2) is 7.57. The minimum atomic E-state index is 0.703. The monoisotopic (exact) mass is 251 g/mol. The highest BCUT2D eigenvalue weighted by Gasteiger charge is 2.21. The van der Waals surface area contributed by atoms with Crippen molar-refractivity contribution >= 4 is 0 Å². The molecule has 1 fully saturated rings. The van der Waals surface area contributed by atoms with Crippen molar-refractivity contribution in [2.75, 3.05) is 13.1 Å². The summed E-state index contributed by atoms with van der Waals surface area (Å²) in [6.07, 6.45) is 7.74. The van der Waals surface area contributed by atoms with Gasteiger partial charge in [0.15, 0.2) is 0 Å². The van der Waals surface area contributed by atoms with Gasteiger partial charge >= 0.3 is 0 Å². The molecule has 0 N–H and O–H groups in total. The summed E-state index contributed by atoms with van der Waals surface area (Å²) in [4.78, 5) is 6.99. The summed E-state index contributed by atoms with van der Waals surface area (Å²) in [5.74, 6) is 2.07. The number of aromatic nitrogens is 2. The molecule has 0 atom stereocenters. The summed E-state index contributed by atoms with van der Waals surface area (Å²) < 4.78 is 2.15. The highest BCUT2D eigenvalue weighted by Crippen LogP contribution is 2.21. The molecule has 1 aromatic heterocycles. The van der Waals surface area contributed by atoms with Crippen LogP contribution < -0.4 is 0 Å². The van der Waals surface area contributed by atoms with E-state index in [0.29, 0.717) is 6.04 Å². The van der Waals surface area contributed by atoms with E-state index in [9.17, 15) is 0 Å². The zero-order valence-corrected chi connectivity index (χ0v) is 12.7. The van der Waals surface area contributed by atoms with Gasteiger partial charge in [-0.05, 0) is 45.7 Å². The molecular weight excluding hydrogens is 222 g/mol. The molecule has 0 bridgehead atoms. The zero-order chi connectivity index (χ0) is 13.5. The van der Waals surface area contributed by atoms with Crippen LogP contribution in [0.15, 0.2) is 12.4 Å². The van der Waals surface area contributed by atoms with Crippen LogP contribution in [0.5, 0.6) is 0 Å². The van der Waals surface area contributed by atoms with Gasteiger partial charge in [-0.3, -0.25) is 0 Å². The Morgan fingerprint density at radius 1 is 1.28 bits per heavy atom. The smallest absolute Gasteiger partial charge is 0.108 e. The van der Waals surface area contributed by atoms with Crippen LogP contribution in [0.4, 0.5) is 0 Å². The maximum atomic E-state index is 4.41. The van der Waals surface area contributed by atoms with Gasteiger partial charge in [0.25, 0.3) is 0 Å². The van der Waals surface area contributed by atoms with Crippen LogP contribution in [0, 0.1) is 5.92 Å². The molecule has 0 saturated carbocycles. The number of likely N-dealkylation sites (tertiary alicyclic amines) is 1. The topological polar surface area (TPSA) is 21.1 Å². The lowest BCUT2D eigenvalue weighted by atomic mass is 9.92. The predicted molar refractivity (Wildman–Crippen MR) is 77.7 cm³/mol. The summed E-state index contributed by atoms with van der Waals surface area (Å²) in [7, 11) is 2.09. The van der Waals surface area contributed by atoms with Crippen molar-refractivity contribution < 1.29 is 0 Å². The Kier molecular flexibility index (Phi) is 6.41. The number of nitrogens with zero attached hydrogens (tertiary/aromatic N) is 3. The number of aryl methyl sites for hydroxylation is 1. The Morgan fingerprint density at radius 2 is 1.89 bits per heavy atom. The first-order valence-corrected chi connectivity index (χ1v) is 7.37. The fraction of sp³-hybridized carbons (Fsp3) is 0.800. The standard InChI is InChI=1S/C13H23N3.C2H6/c1-11(2)16-7-4-12(5-8-16)10-13-14-6-9-15(13)3;1-2/h6,9,11-12H,4-5,7-8,10H2,1-3H3;1-2H3. The van der Waals surface area contributed by atoms with E-state index in [-0.39, 0.29) is 0 Å². The molecule has 0 aliphatic carbocycles. The lowest BCUT2D eigenvalue weighted by Gasteiger charge is -2.34. The summed E-state index contributed by atoms with van der Waals surface area (Å²) >= 11 is 0. The predicted octanol–water partition coefficient (Wildman–Crippen LogP) is 3.11. The van der Waals surface area contributed by atoms with E-state index in [1.165, 1.54) is 31.8 Å². The molecule has 1 aliphatic rings. The minimum Gasteiger partial charge on any atom is -0.338 e. The van der Waals surface area contributed by atoms with Gasteiger partial charge in [-0.15, -0.1) is 0 Å². The normalized spacial score (nSPS) is 17.7. The zero-order valence-electron chi connectivity index (χ0n) is 12.7. The second-order valence-electron chi connectivity index (χ2n) is 5.23. The van der Waals surface area contributed by atoms with Crippen molar-refractivity contribution in [3.63, 3.8) is 0 Å². The van der Waals surface area contributed by atoms with Crippen molar-refractivity contribution in [2.24, 2.45) is 13.0 Å². The van der Waals surface area contributed by atoms with Crippen molar-refractivity contribution in [2.45, 2.75) is 53.0 Å². The van der Waals surface area contributed by atoms with Gasteiger partial charge in [-0.2, -0.15) is 0 Å². The van der Waals surface area contributed by atoms with Crippen LogP contribution >= 0.6 is 0 Å². The molecule has 1 saturated heterocycles. The van der Waals surface area contributed by atoms with Gasteiger partial charge in [-0.1, -0.05) is 13.8 Å². The lowest BCUT2D eigenvalue weighted by Crippen LogP contribution is -2.39. The van der Waals surface area contributed by atoms with E-state index < -0.39 is 0 Å². The molecule has 2 heterocycles. The van der Waals surface area contributed by atoms with Gasteiger partial charge in [0.1, 0.15) is 5.82 Å². The maximum absolute atomic E-state index is 4.41. The van der Waals surface area contributed by atoms with Crippen molar-refractivity contribution in [1.29, 1.82) is 0 Å². The van der Waals surface area contributed by atoms with Gasteiger partial charge in [0, 0.05) is 31.9 Å². The Bertz CT molecular complexity index is 322. The first kappa shape index (κ1) is 15.2. The average Bonchev–Trinajstić information content (AvgIpc) is 2.78. The van der Waals surface area contributed by atoms with Gasteiger partial charge < -0.3 is 9.47 Å². The molecule has 2 rings (SSSR count). The fourth-order valence-electron chi connectivity index (χ4n) is 2.52. The number of hydrogen-bond donors (Lipinski definition) is 0. The van der Waals surface area contributed by atoms with Crippen LogP contribution in [0.25, 0.3) is 0 Å². The number of hydrogen-bond acceptors (Lipinski definition) is 2. The van der Waals surface area contributed by atoms with E-state index >= 15 is 0 Å². The number of piperidine rings is 1. The van der Waals surface area contributed by atoms with Gasteiger partial charge in [0.05, 0.1) is 0 Å². The molecule has 3 heteroatoms. The van der Waals surface area contributed by atoms with Gasteiger partial charge in [0.2, 0.25) is 0 Å². The van der Waals surface area contributed by atoms with Crippen LogP contribution in [0.3, 0.4) is 0 Å². The van der Waals surface area contributed by atoms with E-state index in [4.69, 9.17) is 0 Å². The summed E-state index contributed by atoms with van der Waals surface area (Å²) in [5.41, 5.74) is 0. The quantitative estimate of drug-likeness (QED) is 0.823. The third-order valence-electron chi connectivity index (χ3n) is 3.77. The largest absolute Gasteiger partial charge is 0.338 e. The highest BCUT2D eigenvalue weighted by molar-refractivity contribution is 4.93. The van der Waals surface area contributed by atoms with Gasteiger partial charge in [-0.25, -0.2) is 4.98 Å². The fourth-order valence-corrected chi connectivity index (χ4v) is 2.52. The van der Waals surface area contributed by atoms with Crippen molar-refractivity contribution in [3.8, 4) is 0 Å². The molecule has 1 aromatic rings. The van der Waals surface area contributed by atoms with Crippen molar-refractivity contribution in [1.82, 2.24) is 14.5 Å². The highest BCUT2D eigenvalue weighted by atomic mass is 15.1. The molecule has 104 valence electrons. The molecule has 0 radical (unpaired) electrons. The summed E-state index contributed by atoms with van der Waals surface area (Å²) in [6.45, 7) is 11.1. The molecule has 3 nitrogen and oxygen atoms in total. The molecule has 0 unspecified atom stereocenters. The van der Waals surface area contributed by atoms with Crippen LogP contribution in [-0.4, -0.2) is 33.6 Å². The molecule has 0 spiro atoms. The molecule has 0 aromatic carbocycles. The summed E-state index contributed by atoms with van der Waals surface area (Å²) in [6, 6.07) is 0.703. The third-order valence-corrected chi connectivity index (χ3v) is 3.77. The van der Waals surface area contributed by atoms with Crippen LogP contribution in [-0.2, 0) is 13.5 Å². The summed E-state index contributed by atoms with van der Waals surface area (Å²) in [5, 5.41) is 0. The SMILES string of the molecule is CC.CC(C)N1CCC(Cc2nccn2C)CC1. The Labute approximate surface area is 112 Å². The van der Waals surface area contributed by atoms with Crippen LogP contribution in [0.2, 0.25) is 0 Å². The minimum absolute atomic E-state index is 0.703. The van der Waals surface area contributed by atoms with E-state index in [0.717, 1.165) is 12.3 Å². The number of rotatable bonds is 3. The Balaban J connectivity index is 0.000000771. The maximum Gasteiger partial charge on any atom is 0.108 e. The lowest BCUT2D eigenvalue weighted by molar-refractivity contribution is 0.148. The molecule has 1 aliphatic heterocycles. The molecule has 0 amide bonds. The first-order valence-electron chi connectivity index (χ1n) is 7.37. The second-order valence-corrected chi connectivity index (χ2v) is 5.23. The molecule has 18 heavy (non-hydrogen) atoms. The third kappa shape index (κ3) is 4.13. The van der Waals surface area contributed by atoms with E-state index in [1.54, 1.807) is 0 Å².